The molecule has 0 aromatic heterocycles. The third kappa shape index (κ3) is 6.35. The van der Waals surface area contributed by atoms with Crippen molar-refractivity contribution in [3.8, 4) is 11.8 Å². The summed E-state index contributed by atoms with van der Waals surface area (Å²) in [6.45, 7) is 1.85. The van der Waals surface area contributed by atoms with Crippen LogP contribution in [0.2, 0.25) is 0 Å². The molecule has 0 amide bonds. The van der Waals surface area contributed by atoms with Crippen molar-refractivity contribution in [1.29, 1.82) is 5.26 Å². The molecule has 1 aromatic rings. The third-order valence-corrected chi connectivity index (χ3v) is 2.86. The molecule has 1 rings (SSSR count). The molecule has 0 heterocycles. The molecule has 0 aliphatic carbocycles. The van der Waals surface area contributed by atoms with Gasteiger partial charge in [-0.15, -0.1) is 0 Å². The van der Waals surface area contributed by atoms with Gasteiger partial charge in [0.05, 0.1) is 26.1 Å². The van der Waals surface area contributed by atoms with Gasteiger partial charge in [-0.3, -0.25) is 0 Å². The van der Waals surface area contributed by atoms with Crippen LogP contribution in [0.3, 0.4) is 0 Å². The van der Waals surface area contributed by atoms with Crippen LogP contribution in [-0.4, -0.2) is 50.9 Å². The second kappa shape index (κ2) is 10.4. The first kappa shape index (κ1) is 19.7. The van der Waals surface area contributed by atoms with Crippen LogP contribution in [0.25, 0.3) is 0 Å². The molecule has 1 aromatic carbocycles. The Labute approximate surface area is 147 Å². The highest BCUT2D eigenvalue weighted by Gasteiger charge is 2.09. The normalized spacial score (nSPS) is 11.8. The summed E-state index contributed by atoms with van der Waals surface area (Å²) < 4.78 is 10.0. The molecule has 8 heteroatoms. The summed E-state index contributed by atoms with van der Waals surface area (Å²) in [6.07, 6.45) is 2.72. The third-order valence-electron chi connectivity index (χ3n) is 2.86. The molecular formula is C17H21N5O3. The van der Waals surface area contributed by atoms with Crippen molar-refractivity contribution in [3.63, 3.8) is 0 Å². The van der Waals surface area contributed by atoms with Crippen LogP contribution in [0.1, 0.15) is 12.5 Å². The molecule has 0 aliphatic rings. The number of carbonyl (C=O) groups is 1. The predicted molar refractivity (Wildman–Crippen MR) is 95.2 cm³/mol. The number of hydrogen-bond donors (Lipinski definition) is 1. The fraction of sp³-hybridized carbons (Fsp3) is 0.294. The van der Waals surface area contributed by atoms with Gasteiger partial charge < -0.3 is 14.4 Å². The quantitative estimate of drug-likeness (QED) is 0.210. The molecule has 0 bridgehead atoms. The lowest BCUT2D eigenvalue weighted by Gasteiger charge is -2.13. The summed E-state index contributed by atoms with van der Waals surface area (Å²) in [4.78, 5) is 17.3. The monoisotopic (exact) mass is 343 g/mol. The van der Waals surface area contributed by atoms with E-state index in [1.807, 2.05) is 24.3 Å². The zero-order chi connectivity index (χ0) is 18.7. The highest BCUT2D eigenvalue weighted by atomic mass is 16.5. The summed E-state index contributed by atoms with van der Waals surface area (Å²) in [6, 6.07) is 9.16. The Morgan fingerprint density at radius 2 is 2.12 bits per heavy atom. The van der Waals surface area contributed by atoms with Gasteiger partial charge in [0, 0.05) is 19.7 Å². The number of nitrogens with one attached hydrogen (secondary N) is 1. The number of rotatable bonds is 6. The Morgan fingerprint density at radius 1 is 1.40 bits per heavy atom. The molecular weight excluding hydrogens is 322 g/mol. The number of hydrogen-bond acceptors (Lipinski definition) is 6. The predicted octanol–water partition coefficient (Wildman–Crippen LogP) is 1.51. The number of aliphatic imine (C=N–C) groups is 1. The standard InChI is InChI=1S/C17H21N5O3/c1-5-25-16(23)14(10-18)11-19-17(22(2)3)21-20-12-13-8-6-7-9-15(13)24-4/h6-9,11-12H,5H2,1-4H3,(H,19,21)/b14-11+,20-12+. The van der Waals surface area contributed by atoms with Crippen LogP contribution in [-0.2, 0) is 9.53 Å². The molecule has 0 unspecified atom stereocenters. The zero-order valence-electron chi connectivity index (χ0n) is 14.7. The molecule has 0 saturated carbocycles. The van der Waals surface area contributed by atoms with Gasteiger partial charge in [0.1, 0.15) is 11.8 Å². The molecule has 132 valence electrons. The molecule has 0 aliphatic heterocycles. The van der Waals surface area contributed by atoms with Crippen molar-refractivity contribution < 1.29 is 14.3 Å². The second-order valence-corrected chi connectivity index (χ2v) is 4.83. The number of benzene rings is 1. The van der Waals surface area contributed by atoms with Crippen molar-refractivity contribution in [2.75, 3.05) is 27.8 Å². The van der Waals surface area contributed by atoms with Gasteiger partial charge in [0.2, 0.25) is 5.96 Å². The van der Waals surface area contributed by atoms with Gasteiger partial charge in [0.25, 0.3) is 0 Å². The van der Waals surface area contributed by atoms with Gasteiger partial charge >= 0.3 is 5.97 Å². The number of carbonyl (C=O) groups excluding carboxylic acids is 1. The second-order valence-electron chi connectivity index (χ2n) is 4.83. The van der Waals surface area contributed by atoms with Gasteiger partial charge in [-0.2, -0.15) is 10.4 Å². The van der Waals surface area contributed by atoms with Crippen molar-refractivity contribution in [1.82, 2.24) is 10.3 Å². The van der Waals surface area contributed by atoms with E-state index in [4.69, 9.17) is 14.7 Å². The molecule has 0 radical (unpaired) electrons. The highest BCUT2D eigenvalue weighted by Crippen LogP contribution is 2.14. The summed E-state index contributed by atoms with van der Waals surface area (Å²) in [5, 5.41) is 13.1. The van der Waals surface area contributed by atoms with Crippen LogP contribution in [0.4, 0.5) is 0 Å². The smallest absolute Gasteiger partial charge is 0.350 e. The largest absolute Gasteiger partial charge is 0.496 e. The van der Waals surface area contributed by atoms with E-state index in [-0.39, 0.29) is 12.2 Å². The van der Waals surface area contributed by atoms with Crippen molar-refractivity contribution in [2.24, 2.45) is 10.1 Å². The zero-order valence-corrected chi connectivity index (χ0v) is 14.7. The fourth-order valence-electron chi connectivity index (χ4n) is 1.64. The van der Waals surface area contributed by atoms with E-state index in [1.54, 1.807) is 45.3 Å². The number of esters is 1. The van der Waals surface area contributed by atoms with E-state index in [0.717, 1.165) is 11.8 Å². The molecule has 0 fully saturated rings. The van der Waals surface area contributed by atoms with Crippen molar-refractivity contribution in [2.45, 2.75) is 6.92 Å². The lowest BCUT2D eigenvalue weighted by molar-refractivity contribution is -0.138. The lowest BCUT2D eigenvalue weighted by Crippen LogP contribution is -2.33. The van der Waals surface area contributed by atoms with Gasteiger partial charge in [0.15, 0.2) is 5.57 Å². The number of guanidine groups is 1. The van der Waals surface area contributed by atoms with Crippen LogP contribution in [0, 0.1) is 11.3 Å². The lowest BCUT2D eigenvalue weighted by atomic mass is 10.2. The summed E-state index contributed by atoms with van der Waals surface area (Å²) in [5.74, 6) is 0.304. The van der Waals surface area contributed by atoms with Gasteiger partial charge in [-0.25, -0.2) is 15.2 Å². The Balaban J connectivity index is 2.92. The van der Waals surface area contributed by atoms with E-state index in [2.05, 4.69) is 15.5 Å². The minimum absolute atomic E-state index is 0.184. The van der Waals surface area contributed by atoms with Crippen molar-refractivity contribution >= 4 is 18.1 Å². The van der Waals surface area contributed by atoms with E-state index >= 15 is 0 Å². The maximum atomic E-state index is 11.6. The number of hydrazone groups is 1. The van der Waals surface area contributed by atoms with Crippen LogP contribution in [0.15, 0.2) is 46.1 Å². The van der Waals surface area contributed by atoms with E-state index in [9.17, 15) is 4.79 Å². The maximum Gasteiger partial charge on any atom is 0.350 e. The Morgan fingerprint density at radius 3 is 2.72 bits per heavy atom. The number of nitrogens with zero attached hydrogens (tertiary/aromatic N) is 4. The molecule has 0 spiro atoms. The number of para-hydroxylation sites is 1. The van der Waals surface area contributed by atoms with E-state index in [1.165, 1.54) is 0 Å². The average Bonchev–Trinajstić information content (AvgIpc) is 2.61. The fourth-order valence-corrected chi connectivity index (χ4v) is 1.64. The minimum atomic E-state index is -0.718. The Hall–Kier alpha value is -3.34. The summed E-state index contributed by atoms with van der Waals surface area (Å²) in [7, 11) is 5.07. The summed E-state index contributed by atoms with van der Waals surface area (Å²) in [5.41, 5.74) is 3.34. The molecule has 8 nitrogen and oxygen atoms in total. The molecule has 0 saturated heterocycles. The molecule has 0 atom stereocenters. The minimum Gasteiger partial charge on any atom is -0.496 e. The van der Waals surface area contributed by atoms with Gasteiger partial charge in [-0.05, 0) is 19.1 Å². The molecule has 25 heavy (non-hydrogen) atoms. The van der Waals surface area contributed by atoms with Crippen molar-refractivity contribution in [3.05, 3.63) is 41.6 Å². The average molecular weight is 343 g/mol. The first-order valence-corrected chi connectivity index (χ1v) is 7.48. The van der Waals surface area contributed by atoms with Crippen LogP contribution in [0.5, 0.6) is 5.75 Å². The number of nitriles is 1. The number of methoxy groups -OCH3 is 1. The number of ether oxygens (including phenoxy) is 2. The van der Waals surface area contributed by atoms with E-state index < -0.39 is 5.97 Å². The van der Waals surface area contributed by atoms with E-state index in [0.29, 0.717) is 11.7 Å². The van der Waals surface area contributed by atoms with Gasteiger partial charge in [-0.1, -0.05) is 12.1 Å². The highest BCUT2D eigenvalue weighted by molar-refractivity contribution is 5.93. The first-order chi connectivity index (χ1) is 12.0. The molecule has 1 N–H and O–H groups in total. The topological polar surface area (TPSA) is 99.3 Å². The Kier molecular flexibility index (Phi) is 8.23. The van der Waals surface area contributed by atoms with Crippen LogP contribution < -0.4 is 10.2 Å². The SMILES string of the molecule is CCOC(=O)/C(C#N)=C/N=C(N/N=C/c1ccccc1OC)N(C)C. The Bertz CT molecular complexity index is 717. The van der Waals surface area contributed by atoms with Crippen LogP contribution >= 0.6 is 0 Å². The first-order valence-electron chi connectivity index (χ1n) is 7.48. The maximum absolute atomic E-state index is 11.6. The summed E-state index contributed by atoms with van der Waals surface area (Å²) >= 11 is 0.